The van der Waals surface area contributed by atoms with Crippen LogP contribution in [0.4, 0.5) is 4.79 Å². The molecule has 2 aliphatic carbocycles. The van der Waals surface area contributed by atoms with Gasteiger partial charge in [-0.1, -0.05) is 67.1 Å². The predicted octanol–water partition coefficient (Wildman–Crippen LogP) is 5.40. The second-order valence-electron chi connectivity index (χ2n) is 9.32. The van der Waals surface area contributed by atoms with E-state index in [1.54, 1.807) is 0 Å². The maximum Gasteiger partial charge on any atom is 0.407 e. The summed E-state index contributed by atoms with van der Waals surface area (Å²) in [6.45, 7) is 0.820. The highest BCUT2D eigenvalue weighted by Crippen LogP contribution is 2.44. The lowest BCUT2D eigenvalue weighted by Gasteiger charge is -2.25. The summed E-state index contributed by atoms with van der Waals surface area (Å²) in [4.78, 5) is 24.5. The van der Waals surface area contributed by atoms with E-state index >= 15 is 0 Å². The number of benzene rings is 3. The first kappa shape index (κ1) is 23.0. The molecular formula is C29H29NO5. The van der Waals surface area contributed by atoms with E-state index in [0.717, 1.165) is 33.6 Å². The van der Waals surface area contributed by atoms with Crippen LogP contribution in [0.15, 0.2) is 72.8 Å². The molecule has 2 N–H and O–H groups in total. The molecule has 0 aliphatic heterocycles. The number of amides is 1. The van der Waals surface area contributed by atoms with Crippen molar-refractivity contribution in [3.8, 4) is 16.9 Å². The minimum absolute atomic E-state index is 0.0825. The highest BCUT2D eigenvalue weighted by atomic mass is 16.5. The van der Waals surface area contributed by atoms with Gasteiger partial charge in [-0.05, 0) is 58.7 Å². The van der Waals surface area contributed by atoms with Crippen LogP contribution in [0.1, 0.15) is 41.9 Å². The third kappa shape index (κ3) is 5.16. The molecule has 0 bridgehead atoms. The van der Waals surface area contributed by atoms with Crippen LogP contribution < -0.4 is 10.1 Å². The summed E-state index contributed by atoms with van der Waals surface area (Å²) >= 11 is 0. The minimum atomic E-state index is -1.11. The molecule has 1 amide bonds. The molecule has 0 spiro atoms. The number of rotatable bonds is 9. The molecule has 5 rings (SSSR count). The highest BCUT2D eigenvalue weighted by Gasteiger charge is 2.30. The number of hydrogen-bond acceptors (Lipinski definition) is 4. The molecule has 1 unspecified atom stereocenters. The molecule has 0 radical (unpaired) electrons. The largest absolute Gasteiger partial charge is 0.493 e. The number of aliphatic carboxylic acids is 1. The molecule has 35 heavy (non-hydrogen) atoms. The van der Waals surface area contributed by atoms with Gasteiger partial charge in [0.2, 0.25) is 0 Å². The molecule has 2 aliphatic rings. The number of carboxylic acids is 1. The first-order chi connectivity index (χ1) is 17.1. The molecular weight excluding hydrogens is 442 g/mol. The van der Waals surface area contributed by atoms with Gasteiger partial charge in [0.15, 0.2) is 0 Å². The summed E-state index contributed by atoms with van der Waals surface area (Å²) in [6, 6.07) is 22.5. The number of alkyl carbamates (subject to hydrolysis) is 1. The number of hydrogen-bond donors (Lipinski definition) is 2. The Balaban J connectivity index is 1.20. The monoisotopic (exact) mass is 471 g/mol. The molecule has 0 saturated heterocycles. The zero-order chi connectivity index (χ0) is 24.2. The van der Waals surface area contributed by atoms with Crippen LogP contribution >= 0.6 is 0 Å². The summed E-state index contributed by atoms with van der Waals surface area (Å²) < 4.78 is 11.4. The standard InChI is InChI=1S/C29H29NO5/c31-28(32)27(16-20-9-6-10-21(15-20)34-17-19-7-5-8-19)30-29(33)35-18-26-24-13-3-1-11-22(24)23-12-2-4-14-25(23)26/h1-4,6,9-15,19,26-27H,5,7-8,16-18H2,(H,30,33)(H,31,32). The summed E-state index contributed by atoms with van der Waals surface area (Å²) in [5.41, 5.74) is 5.27. The van der Waals surface area contributed by atoms with Crippen molar-refractivity contribution in [3.63, 3.8) is 0 Å². The Morgan fingerprint density at radius 3 is 2.23 bits per heavy atom. The van der Waals surface area contributed by atoms with Gasteiger partial charge in [0.1, 0.15) is 18.4 Å². The third-order valence-corrected chi connectivity index (χ3v) is 6.98. The molecule has 6 nitrogen and oxygen atoms in total. The molecule has 1 saturated carbocycles. The van der Waals surface area contributed by atoms with Crippen molar-refractivity contribution in [2.24, 2.45) is 5.92 Å². The number of ether oxygens (including phenoxy) is 2. The van der Waals surface area contributed by atoms with E-state index in [2.05, 4.69) is 17.4 Å². The Morgan fingerprint density at radius 1 is 0.914 bits per heavy atom. The molecule has 3 aromatic rings. The molecule has 0 aromatic heterocycles. The quantitative estimate of drug-likeness (QED) is 0.437. The fraction of sp³-hybridized carbons (Fsp3) is 0.310. The molecule has 1 atom stereocenters. The second-order valence-corrected chi connectivity index (χ2v) is 9.32. The Kier molecular flexibility index (Phi) is 6.70. The van der Waals surface area contributed by atoms with E-state index in [9.17, 15) is 14.7 Å². The highest BCUT2D eigenvalue weighted by molar-refractivity contribution is 5.81. The molecule has 3 aromatic carbocycles. The summed E-state index contributed by atoms with van der Waals surface area (Å²) in [7, 11) is 0. The van der Waals surface area contributed by atoms with Crippen molar-refractivity contribution in [2.45, 2.75) is 37.6 Å². The van der Waals surface area contributed by atoms with Gasteiger partial charge in [-0.25, -0.2) is 9.59 Å². The number of carboxylic acid groups (broad SMARTS) is 1. The third-order valence-electron chi connectivity index (χ3n) is 6.98. The lowest BCUT2D eigenvalue weighted by Crippen LogP contribution is -2.42. The van der Waals surface area contributed by atoms with Gasteiger partial charge in [-0.3, -0.25) is 0 Å². The number of carbonyl (C=O) groups is 2. The summed E-state index contributed by atoms with van der Waals surface area (Å²) in [6.07, 6.45) is 3.06. The SMILES string of the molecule is O=C(NC(Cc1cccc(OCC2CCC2)c1)C(=O)O)OCC1c2ccccc2-c2ccccc21. The lowest BCUT2D eigenvalue weighted by molar-refractivity contribution is -0.139. The van der Waals surface area contributed by atoms with Gasteiger partial charge in [0.25, 0.3) is 0 Å². The van der Waals surface area contributed by atoms with Crippen LogP contribution in [0.2, 0.25) is 0 Å². The topological polar surface area (TPSA) is 84.9 Å². The Hall–Kier alpha value is -3.80. The summed E-state index contributed by atoms with van der Waals surface area (Å²) in [5.74, 6) is 0.139. The van der Waals surface area contributed by atoms with Crippen molar-refractivity contribution >= 4 is 12.1 Å². The fourth-order valence-electron chi connectivity index (χ4n) is 4.85. The first-order valence-corrected chi connectivity index (χ1v) is 12.1. The van der Waals surface area contributed by atoms with Crippen LogP contribution in [0.5, 0.6) is 5.75 Å². The average molecular weight is 472 g/mol. The average Bonchev–Trinajstić information content (AvgIpc) is 3.15. The molecule has 1 fully saturated rings. The van der Waals surface area contributed by atoms with Crippen LogP contribution in [0.3, 0.4) is 0 Å². The van der Waals surface area contributed by atoms with Gasteiger partial charge < -0.3 is 19.9 Å². The Labute approximate surface area is 204 Å². The van der Waals surface area contributed by atoms with Crippen LogP contribution in [-0.4, -0.2) is 36.4 Å². The van der Waals surface area contributed by atoms with E-state index in [-0.39, 0.29) is 18.9 Å². The van der Waals surface area contributed by atoms with Gasteiger partial charge in [-0.15, -0.1) is 0 Å². The molecule has 0 heterocycles. The second kappa shape index (κ2) is 10.2. The number of fused-ring (bicyclic) bond motifs is 3. The normalized spacial score (nSPS) is 15.4. The Bertz CT molecular complexity index is 1170. The molecule has 180 valence electrons. The van der Waals surface area contributed by atoms with E-state index in [0.29, 0.717) is 12.5 Å². The van der Waals surface area contributed by atoms with Crippen molar-refractivity contribution in [1.29, 1.82) is 0 Å². The van der Waals surface area contributed by atoms with Gasteiger partial charge in [0.05, 0.1) is 6.61 Å². The van der Waals surface area contributed by atoms with Gasteiger partial charge >= 0.3 is 12.1 Å². The maximum absolute atomic E-state index is 12.6. The van der Waals surface area contributed by atoms with Crippen molar-refractivity contribution in [2.75, 3.05) is 13.2 Å². The van der Waals surface area contributed by atoms with Crippen molar-refractivity contribution < 1.29 is 24.2 Å². The van der Waals surface area contributed by atoms with Crippen LogP contribution in [-0.2, 0) is 16.0 Å². The smallest absolute Gasteiger partial charge is 0.407 e. The van der Waals surface area contributed by atoms with Crippen molar-refractivity contribution in [1.82, 2.24) is 5.32 Å². The van der Waals surface area contributed by atoms with Gasteiger partial charge in [0, 0.05) is 12.3 Å². The van der Waals surface area contributed by atoms with Crippen molar-refractivity contribution in [3.05, 3.63) is 89.5 Å². The fourth-order valence-corrected chi connectivity index (χ4v) is 4.85. The zero-order valence-electron chi connectivity index (χ0n) is 19.5. The first-order valence-electron chi connectivity index (χ1n) is 12.1. The summed E-state index contributed by atoms with van der Waals surface area (Å²) in [5, 5.41) is 12.2. The lowest BCUT2D eigenvalue weighted by atomic mass is 9.86. The van der Waals surface area contributed by atoms with E-state index < -0.39 is 18.1 Å². The van der Waals surface area contributed by atoms with E-state index in [1.807, 2.05) is 60.7 Å². The number of nitrogens with one attached hydrogen (secondary N) is 1. The predicted molar refractivity (Wildman–Crippen MR) is 133 cm³/mol. The van der Waals surface area contributed by atoms with Crippen LogP contribution in [0.25, 0.3) is 11.1 Å². The van der Waals surface area contributed by atoms with Crippen LogP contribution in [0, 0.1) is 5.92 Å². The zero-order valence-corrected chi connectivity index (χ0v) is 19.5. The Morgan fingerprint density at radius 2 is 1.60 bits per heavy atom. The number of carbonyl (C=O) groups excluding carboxylic acids is 1. The maximum atomic E-state index is 12.6. The molecule has 6 heteroatoms. The van der Waals surface area contributed by atoms with E-state index in [4.69, 9.17) is 9.47 Å². The minimum Gasteiger partial charge on any atom is -0.493 e. The van der Waals surface area contributed by atoms with E-state index in [1.165, 1.54) is 19.3 Å². The van der Waals surface area contributed by atoms with Gasteiger partial charge in [-0.2, -0.15) is 0 Å².